The van der Waals surface area contributed by atoms with Crippen molar-refractivity contribution in [2.45, 2.75) is 39.0 Å². The van der Waals surface area contributed by atoms with E-state index in [4.69, 9.17) is 0 Å². The minimum Gasteiger partial charge on any atom is -0.0622 e. The molecule has 0 heterocycles. The monoisotopic (exact) mass is 252 g/mol. The number of hydrogen-bond donors (Lipinski definition) is 0. The summed E-state index contributed by atoms with van der Waals surface area (Å²) in [5, 5.41) is 0. The van der Waals surface area contributed by atoms with Crippen molar-refractivity contribution in [2.75, 3.05) is 0 Å². The number of rotatable bonds is 4. The first-order chi connectivity index (χ1) is 9.30. The Hall–Kier alpha value is -0.780. The van der Waals surface area contributed by atoms with Gasteiger partial charge in [-0.2, -0.15) is 0 Å². The van der Waals surface area contributed by atoms with E-state index < -0.39 is 0 Å². The van der Waals surface area contributed by atoms with Gasteiger partial charge in [-0.3, -0.25) is 0 Å². The molecule has 5 rings (SSSR count). The lowest BCUT2D eigenvalue weighted by molar-refractivity contribution is 0.0968. The fourth-order valence-electron chi connectivity index (χ4n) is 5.88. The van der Waals surface area contributed by atoms with Gasteiger partial charge in [0.25, 0.3) is 0 Å². The molecule has 0 saturated heterocycles. The molecule has 0 aromatic heterocycles. The van der Waals surface area contributed by atoms with E-state index in [1.54, 1.807) is 31.2 Å². The Morgan fingerprint density at radius 3 is 2.53 bits per heavy atom. The van der Waals surface area contributed by atoms with Crippen LogP contribution in [0.3, 0.4) is 0 Å². The van der Waals surface area contributed by atoms with Gasteiger partial charge in [0.2, 0.25) is 0 Å². The fraction of sp³-hybridized carbons (Fsp3) is 0.684. The molecule has 0 spiro atoms. The molecule has 0 aliphatic heterocycles. The van der Waals surface area contributed by atoms with Crippen molar-refractivity contribution >= 4 is 0 Å². The zero-order valence-electron chi connectivity index (χ0n) is 11.9. The smallest absolute Gasteiger partial charge is 0.0206 e. The van der Waals surface area contributed by atoms with Gasteiger partial charge in [-0.15, -0.1) is 0 Å². The van der Waals surface area contributed by atoms with Crippen molar-refractivity contribution in [3.63, 3.8) is 0 Å². The van der Waals surface area contributed by atoms with Crippen LogP contribution in [-0.2, 0) is 6.42 Å². The highest BCUT2D eigenvalue weighted by molar-refractivity contribution is 5.26. The third-order valence-electron chi connectivity index (χ3n) is 7.18. The van der Waals surface area contributed by atoms with Crippen LogP contribution in [0.15, 0.2) is 30.3 Å². The lowest BCUT2D eigenvalue weighted by Gasteiger charge is -2.38. The number of fused-ring (bicyclic) bond motifs is 1. The quantitative estimate of drug-likeness (QED) is 0.737. The predicted molar refractivity (Wildman–Crippen MR) is 77.7 cm³/mol. The molecule has 0 radical (unpaired) electrons. The lowest BCUT2D eigenvalue weighted by atomic mass is 9.66. The highest BCUT2D eigenvalue weighted by atomic mass is 14.8. The zero-order valence-corrected chi connectivity index (χ0v) is 11.9. The van der Waals surface area contributed by atoms with Gasteiger partial charge in [0.1, 0.15) is 0 Å². The highest BCUT2D eigenvalue weighted by Gasteiger charge is 2.76. The molecule has 0 nitrogen and oxygen atoms in total. The van der Waals surface area contributed by atoms with Gasteiger partial charge < -0.3 is 0 Å². The SMILES string of the molecule is CC1C(Cc2ccccc2)C1C1CC2CC21C1CC1. The van der Waals surface area contributed by atoms with Gasteiger partial charge in [-0.05, 0) is 78.6 Å². The average Bonchev–Trinajstić information content (AvgIpc) is 3.32. The molecular weight excluding hydrogens is 228 g/mol. The summed E-state index contributed by atoms with van der Waals surface area (Å²) in [6, 6.07) is 11.2. The Bertz CT molecular complexity index is 500. The van der Waals surface area contributed by atoms with Gasteiger partial charge >= 0.3 is 0 Å². The van der Waals surface area contributed by atoms with Crippen LogP contribution >= 0.6 is 0 Å². The van der Waals surface area contributed by atoms with Gasteiger partial charge in [0, 0.05) is 0 Å². The van der Waals surface area contributed by atoms with Crippen molar-refractivity contribution in [3.05, 3.63) is 35.9 Å². The van der Waals surface area contributed by atoms with Crippen LogP contribution in [0.25, 0.3) is 0 Å². The minimum atomic E-state index is 0.907. The van der Waals surface area contributed by atoms with Crippen molar-refractivity contribution in [1.29, 1.82) is 0 Å². The highest BCUT2D eigenvalue weighted by Crippen LogP contribution is 2.83. The molecule has 1 aromatic carbocycles. The predicted octanol–water partition coefficient (Wildman–Crippen LogP) is 4.55. The first-order valence-electron chi connectivity index (χ1n) is 8.34. The Kier molecular flexibility index (Phi) is 1.99. The van der Waals surface area contributed by atoms with E-state index in [2.05, 4.69) is 37.3 Å². The topological polar surface area (TPSA) is 0 Å². The summed E-state index contributed by atoms with van der Waals surface area (Å²) in [4.78, 5) is 0. The molecule has 0 heteroatoms. The maximum absolute atomic E-state index is 2.52. The number of benzene rings is 1. The van der Waals surface area contributed by atoms with Crippen LogP contribution in [-0.4, -0.2) is 0 Å². The van der Waals surface area contributed by atoms with Crippen LogP contribution in [0.1, 0.15) is 38.2 Å². The Morgan fingerprint density at radius 2 is 1.89 bits per heavy atom. The summed E-state index contributed by atoms with van der Waals surface area (Å²) in [5.74, 6) is 6.57. The summed E-state index contributed by atoms with van der Waals surface area (Å²) in [5.41, 5.74) is 2.47. The molecule has 4 aliphatic carbocycles. The normalized spacial score (nSPS) is 50.3. The molecule has 19 heavy (non-hydrogen) atoms. The zero-order chi connectivity index (χ0) is 12.6. The van der Waals surface area contributed by atoms with E-state index in [0.717, 1.165) is 29.1 Å². The minimum absolute atomic E-state index is 0.907. The van der Waals surface area contributed by atoms with E-state index >= 15 is 0 Å². The van der Waals surface area contributed by atoms with E-state index in [9.17, 15) is 0 Å². The second kappa shape index (κ2) is 3.45. The Balaban J connectivity index is 1.30. The first-order valence-corrected chi connectivity index (χ1v) is 8.34. The van der Waals surface area contributed by atoms with Crippen molar-refractivity contribution in [2.24, 2.45) is 40.9 Å². The van der Waals surface area contributed by atoms with E-state index in [1.807, 2.05) is 0 Å². The largest absolute Gasteiger partial charge is 0.0622 e. The van der Waals surface area contributed by atoms with E-state index in [0.29, 0.717) is 0 Å². The summed E-state index contributed by atoms with van der Waals surface area (Å²) in [6.45, 7) is 2.52. The van der Waals surface area contributed by atoms with Gasteiger partial charge in [-0.1, -0.05) is 37.3 Å². The molecule has 1 aromatic rings. The molecule has 100 valence electrons. The van der Waals surface area contributed by atoms with Crippen molar-refractivity contribution in [1.82, 2.24) is 0 Å². The average molecular weight is 252 g/mol. The third-order valence-corrected chi connectivity index (χ3v) is 7.18. The van der Waals surface area contributed by atoms with Crippen LogP contribution in [0.5, 0.6) is 0 Å². The van der Waals surface area contributed by atoms with Crippen LogP contribution in [0.4, 0.5) is 0 Å². The summed E-state index contributed by atoms with van der Waals surface area (Å²) >= 11 is 0. The molecular formula is C19H24. The van der Waals surface area contributed by atoms with Gasteiger partial charge in [-0.25, -0.2) is 0 Å². The lowest BCUT2D eigenvalue weighted by Crippen LogP contribution is -2.33. The summed E-state index contributed by atoms with van der Waals surface area (Å²) < 4.78 is 0. The molecule has 0 bridgehead atoms. The molecule has 6 unspecified atom stereocenters. The standard InChI is InChI=1S/C19H24/c1-12-16(9-13-5-3-2-4-6-13)18(12)17-10-15-11-19(15,17)14-7-8-14/h2-6,12,14-18H,7-11H2,1H3. The Morgan fingerprint density at radius 1 is 1.11 bits per heavy atom. The van der Waals surface area contributed by atoms with Crippen molar-refractivity contribution < 1.29 is 0 Å². The molecule has 4 fully saturated rings. The van der Waals surface area contributed by atoms with Crippen LogP contribution in [0.2, 0.25) is 0 Å². The van der Waals surface area contributed by atoms with Crippen LogP contribution < -0.4 is 0 Å². The maximum Gasteiger partial charge on any atom is -0.0206 e. The second-order valence-corrected chi connectivity index (χ2v) is 7.92. The van der Waals surface area contributed by atoms with Crippen molar-refractivity contribution in [3.8, 4) is 0 Å². The summed E-state index contributed by atoms with van der Waals surface area (Å²) in [6.07, 6.45) is 7.68. The first kappa shape index (κ1) is 10.9. The third kappa shape index (κ3) is 1.41. The number of hydrogen-bond acceptors (Lipinski definition) is 0. The van der Waals surface area contributed by atoms with Gasteiger partial charge in [0.05, 0.1) is 0 Å². The van der Waals surface area contributed by atoms with Crippen LogP contribution in [0, 0.1) is 40.9 Å². The molecule has 4 aliphatic rings. The van der Waals surface area contributed by atoms with E-state index in [-0.39, 0.29) is 0 Å². The van der Waals surface area contributed by atoms with Gasteiger partial charge in [0.15, 0.2) is 0 Å². The molecule has 6 atom stereocenters. The second-order valence-electron chi connectivity index (χ2n) is 7.92. The maximum atomic E-state index is 2.52. The fourth-order valence-corrected chi connectivity index (χ4v) is 5.88. The molecule has 4 saturated carbocycles. The summed E-state index contributed by atoms with van der Waals surface area (Å²) in [7, 11) is 0. The van der Waals surface area contributed by atoms with E-state index in [1.165, 1.54) is 18.3 Å². The molecule has 0 N–H and O–H groups in total. The Labute approximate surface area is 116 Å². The molecule has 0 amide bonds.